The quantitative estimate of drug-likeness (QED) is 0.839. The van der Waals surface area contributed by atoms with Gasteiger partial charge in [0.2, 0.25) is 0 Å². The summed E-state index contributed by atoms with van der Waals surface area (Å²) in [5.41, 5.74) is 1.93. The van der Waals surface area contributed by atoms with Crippen molar-refractivity contribution in [3.63, 3.8) is 0 Å². The van der Waals surface area contributed by atoms with Crippen LogP contribution in [0.1, 0.15) is 31.9 Å². The molecule has 0 saturated heterocycles. The fourth-order valence-electron chi connectivity index (χ4n) is 3.47. The summed E-state index contributed by atoms with van der Waals surface area (Å²) < 4.78 is 43.5. The molecule has 7 heteroatoms. The standard InChI is InChI=1S/C19H24FN3O2S/c1-14(2)22-18-9-4-5-10-19(18)23(26(22,24)25)17(11-12-21-3)15-7-6-8-16(20)13-15/h4-10,13-14,17,21H,11-12H2,1-3H3/t17-/m1/s1. The molecular formula is C19H24FN3O2S. The van der Waals surface area contributed by atoms with Crippen LogP contribution < -0.4 is 13.9 Å². The van der Waals surface area contributed by atoms with Crippen LogP contribution in [-0.2, 0) is 10.2 Å². The van der Waals surface area contributed by atoms with Crippen molar-refractivity contribution < 1.29 is 12.8 Å². The molecule has 0 amide bonds. The number of hydrogen-bond donors (Lipinski definition) is 1. The maximum atomic E-state index is 13.8. The van der Waals surface area contributed by atoms with Gasteiger partial charge >= 0.3 is 10.2 Å². The van der Waals surface area contributed by atoms with Crippen molar-refractivity contribution in [2.45, 2.75) is 32.4 Å². The fraction of sp³-hybridized carbons (Fsp3) is 0.368. The van der Waals surface area contributed by atoms with Crippen LogP contribution in [0.2, 0.25) is 0 Å². The highest BCUT2D eigenvalue weighted by molar-refractivity contribution is 7.94. The highest BCUT2D eigenvalue weighted by Crippen LogP contribution is 2.47. The first-order valence-electron chi connectivity index (χ1n) is 8.70. The topological polar surface area (TPSA) is 52.6 Å². The van der Waals surface area contributed by atoms with E-state index < -0.39 is 16.3 Å². The highest BCUT2D eigenvalue weighted by atomic mass is 32.2. The summed E-state index contributed by atoms with van der Waals surface area (Å²) in [7, 11) is -1.95. The first-order chi connectivity index (χ1) is 12.4. The maximum absolute atomic E-state index is 13.8. The predicted octanol–water partition coefficient (Wildman–Crippen LogP) is 3.46. The number of rotatable bonds is 6. The summed E-state index contributed by atoms with van der Waals surface area (Å²) in [6.07, 6.45) is 0.527. The zero-order valence-electron chi connectivity index (χ0n) is 15.2. The van der Waals surface area contributed by atoms with Gasteiger partial charge in [0.25, 0.3) is 0 Å². The first-order valence-corrected chi connectivity index (χ1v) is 10.1. The molecule has 0 unspecified atom stereocenters. The molecule has 26 heavy (non-hydrogen) atoms. The van der Waals surface area contributed by atoms with Gasteiger partial charge in [0.05, 0.1) is 17.4 Å². The average Bonchev–Trinajstić information content (AvgIpc) is 2.82. The van der Waals surface area contributed by atoms with E-state index in [0.29, 0.717) is 29.9 Å². The Labute approximate surface area is 154 Å². The van der Waals surface area contributed by atoms with E-state index in [0.717, 1.165) is 0 Å². The second-order valence-electron chi connectivity index (χ2n) is 6.64. The lowest BCUT2D eigenvalue weighted by molar-refractivity contribution is 0.555. The molecule has 1 aliphatic rings. The van der Waals surface area contributed by atoms with E-state index in [4.69, 9.17) is 0 Å². The zero-order chi connectivity index (χ0) is 18.9. The van der Waals surface area contributed by atoms with Gasteiger partial charge in [0.15, 0.2) is 0 Å². The number of fused-ring (bicyclic) bond motifs is 1. The van der Waals surface area contributed by atoms with E-state index in [1.54, 1.807) is 18.2 Å². The van der Waals surface area contributed by atoms with Crippen molar-refractivity contribution in [3.8, 4) is 0 Å². The molecule has 0 aromatic heterocycles. The SMILES string of the molecule is CNCC[C@H](c1cccc(F)c1)N1c2ccccc2N(C(C)C)S1(=O)=O. The molecule has 5 nitrogen and oxygen atoms in total. The molecule has 3 rings (SSSR count). The van der Waals surface area contributed by atoms with Gasteiger partial charge in [-0.1, -0.05) is 24.3 Å². The van der Waals surface area contributed by atoms with Crippen molar-refractivity contribution >= 4 is 21.6 Å². The monoisotopic (exact) mass is 377 g/mol. The van der Waals surface area contributed by atoms with Crippen LogP contribution in [0.3, 0.4) is 0 Å². The van der Waals surface area contributed by atoms with Gasteiger partial charge in [0, 0.05) is 6.04 Å². The Morgan fingerprint density at radius 3 is 2.27 bits per heavy atom. The van der Waals surface area contributed by atoms with Crippen LogP contribution in [0, 0.1) is 5.82 Å². The summed E-state index contributed by atoms with van der Waals surface area (Å²) in [5.74, 6) is -0.373. The Balaban J connectivity index is 2.16. The van der Waals surface area contributed by atoms with Crippen molar-refractivity contribution in [1.29, 1.82) is 0 Å². The van der Waals surface area contributed by atoms with E-state index in [1.807, 2.05) is 39.1 Å². The Kier molecular flexibility index (Phi) is 5.20. The van der Waals surface area contributed by atoms with Crippen LogP contribution in [0.5, 0.6) is 0 Å². The fourth-order valence-corrected chi connectivity index (χ4v) is 5.54. The van der Waals surface area contributed by atoms with E-state index >= 15 is 0 Å². The molecular weight excluding hydrogens is 353 g/mol. The third kappa shape index (κ3) is 3.17. The Hall–Kier alpha value is -2.12. The number of para-hydroxylation sites is 2. The molecule has 140 valence electrons. The molecule has 0 saturated carbocycles. The van der Waals surface area contributed by atoms with Crippen molar-refractivity contribution in [2.24, 2.45) is 0 Å². The third-order valence-electron chi connectivity index (χ3n) is 4.51. The molecule has 1 heterocycles. The number of benzene rings is 2. The molecule has 0 spiro atoms. The van der Waals surface area contributed by atoms with E-state index in [2.05, 4.69) is 5.32 Å². The number of anilines is 2. The van der Waals surface area contributed by atoms with Crippen LogP contribution in [0.4, 0.5) is 15.8 Å². The molecule has 0 radical (unpaired) electrons. The summed E-state index contributed by atoms with van der Waals surface area (Å²) in [4.78, 5) is 0. The summed E-state index contributed by atoms with van der Waals surface area (Å²) in [5, 5.41) is 3.06. The number of nitrogens with zero attached hydrogens (tertiary/aromatic N) is 2. The largest absolute Gasteiger partial charge is 0.327 e. The van der Waals surface area contributed by atoms with Gasteiger partial charge in [-0.15, -0.1) is 0 Å². The van der Waals surface area contributed by atoms with Crippen molar-refractivity contribution in [2.75, 3.05) is 22.2 Å². The van der Waals surface area contributed by atoms with Gasteiger partial charge in [-0.3, -0.25) is 0 Å². The van der Waals surface area contributed by atoms with Crippen LogP contribution in [0.15, 0.2) is 48.5 Å². The van der Waals surface area contributed by atoms with Crippen LogP contribution in [0.25, 0.3) is 0 Å². The lowest BCUT2D eigenvalue weighted by Crippen LogP contribution is -2.43. The number of halogens is 1. The summed E-state index contributed by atoms with van der Waals surface area (Å²) in [6.45, 7) is 4.31. The maximum Gasteiger partial charge on any atom is 0.327 e. The third-order valence-corrected chi connectivity index (χ3v) is 6.57. The van der Waals surface area contributed by atoms with Crippen LogP contribution in [-0.4, -0.2) is 28.1 Å². The normalized spacial score (nSPS) is 16.8. The smallest absolute Gasteiger partial charge is 0.320 e. The number of nitrogens with one attached hydrogen (secondary N) is 1. The minimum absolute atomic E-state index is 0.219. The number of hydrogen-bond acceptors (Lipinski definition) is 3. The molecule has 1 aliphatic heterocycles. The van der Waals surface area contributed by atoms with E-state index in [1.165, 1.54) is 20.7 Å². The minimum atomic E-state index is -3.76. The lowest BCUT2D eigenvalue weighted by atomic mass is 10.0. The molecule has 0 fully saturated rings. The first kappa shape index (κ1) is 18.7. The second-order valence-corrected chi connectivity index (χ2v) is 8.33. The Morgan fingerprint density at radius 2 is 1.69 bits per heavy atom. The molecule has 1 N–H and O–H groups in total. The van der Waals surface area contributed by atoms with E-state index in [9.17, 15) is 12.8 Å². The minimum Gasteiger partial charge on any atom is -0.320 e. The van der Waals surface area contributed by atoms with E-state index in [-0.39, 0.29) is 11.9 Å². The average molecular weight is 377 g/mol. The highest BCUT2D eigenvalue weighted by Gasteiger charge is 2.45. The van der Waals surface area contributed by atoms with Gasteiger partial charge in [-0.25, -0.2) is 13.0 Å². The predicted molar refractivity (Wildman–Crippen MR) is 103 cm³/mol. The van der Waals surface area contributed by atoms with Crippen molar-refractivity contribution in [3.05, 3.63) is 59.9 Å². The lowest BCUT2D eigenvalue weighted by Gasteiger charge is -2.31. The van der Waals surface area contributed by atoms with Crippen molar-refractivity contribution in [1.82, 2.24) is 5.32 Å². The Bertz CT molecular complexity index is 886. The molecule has 0 bridgehead atoms. The summed E-state index contributed by atoms with van der Waals surface area (Å²) >= 11 is 0. The molecule has 1 atom stereocenters. The molecule has 2 aromatic rings. The molecule has 0 aliphatic carbocycles. The van der Waals surface area contributed by atoms with Gasteiger partial charge in [0.1, 0.15) is 5.82 Å². The molecule has 2 aromatic carbocycles. The second kappa shape index (κ2) is 7.25. The van der Waals surface area contributed by atoms with Crippen LogP contribution >= 0.6 is 0 Å². The van der Waals surface area contributed by atoms with Gasteiger partial charge in [-0.05, 0) is 63.7 Å². The Morgan fingerprint density at radius 1 is 1.04 bits per heavy atom. The van der Waals surface area contributed by atoms with Gasteiger partial charge in [-0.2, -0.15) is 8.42 Å². The summed E-state index contributed by atoms with van der Waals surface area (Å²) in [6, 6.07) is 12.7. The zero-order valence-corrected chi connectivity index (χ0v) is 16.0. The van der Waals surface area contributed by atoms with Gasteiger partial charge < -0.3 is 5.32 Å².